The number of hydrogen-bond donors (Lipinski definition) is 0. The summed E-state index contributed by atoms with van der Waals surface area (Å²) in [5.41, 5.74) is 0.00235. The second-order valence-electron chi connectivity index (χ2n) is 6.95. The molecule has 0 N–H and O–H groups in total. The molecule has 10 heteroatoms. The van der Waals surface area contributed by atoms with Crippen LogP contribution >= 0.6 is 0 Å². The van der Waals surface area contributed by atoms with Crippen molar-refractivity contribution in [3.05, 3.63) is 38.9 Å². The van der Waals surface area contributed by atoms with Gasteiger partial charge in [-0.3, -0.25) is 24.3 Å². The van der Waals surface area contributed by atoms with Crippen LogP contribution in [0.15, 0.2) is 27.4 Å². The van der Waals surface area contributed by atoms with E-state index in [2.05, 4.69) is 0 Å². The van der Waals surface area contributed by atoms with E-state index in [1.54, 1.807) is 4.90 Å². The first kappa shape index (κ1) is 19.6. The van der Waals surface area contributed by atoms with Gasteiger partial charge >= 0.3 is 11.7 Å². The molecule has 150 valence electrons. The van der Waals surface area contributed by atoms with E-state index in [4.69, 9.17) is 9.15 Å². The van der Waals surface area contributed by atoms with Gasteiger partial charge in [0.1, 0.15) is 6.54 Å². The van der Waals surface area contributed by atoms with Crippen molar-refractivity contribution in [2.75, 3.05) is 6.61 Å². The molecule has 0 saturated carbocycles. The van der Waals surface area contributed by atoms with Gasteiger partial charge in [0.15, 0.2) is 12.2 Å². The molecule has 0 spiro atoms. The minimum absolute atomic E-state index is 0.000886. The van der Waals surface area contributed by atoms with Gasteiger partial charge in [-0.2, -0.15) is 0 Å². The highest BCUT2D eigenvalue weighted by Crippen LogP contribution is 2.23. The maximum Gasteiger partial charge on any atom is 0.420 e. The van der Waals surface area contributed by atoms with Crippen molar-refractivity contribution in [1.82, 2.24) is 9.47 Å². The van der Waals surface area contributed by atoms with Crippen LogP contribution in [0.3, 0.4) is 0 Å². The summed E-state index contributed by atoms with van der Waals surface area (Å²) in [4.78, 5) is 48.4. The molecule has 1 amide bonds. The molecule has 0 unspecified atom stereocenters. The topological polar surface area (TPSA) is 125 Å². The van der Waals surface area contributed by atoms with E-state index in [1.165, 1.54) is 12.1 Å². The van der Waals surface area contributed by atoms with Crippen LogP contribution in [-0.4, -0.2) is 45.0 Å². The van der Waals surface area contributed by atoms with Crippen molar-refractivity contribution in [2.24, 2.45) is 0 Å². The fourth-order valence-electron chi connectivity index (χ4n) is 3.62. The van der Waals surface area contributed by atoms with Gasteiger partial charge in [-0.05, 0) is 39.2 Å². The highest BCUT2D eigenvalue weighted by Gasteiger charge is 2.29. The Labute approximate surface area is 159 Å². The SMILES string of the molecule is C[C@@H]1CCC[C@H](C)N1C(=O)COC(=O)Cn1c(=O)oc2cc([N+](=O)[O-])ccc21. The Morgan fingerprint density at radius 2 is 1.96 bits per heavy atom. The highest BCUT2D eigenvalue weighted by molar-refractivity contribution is 5.82. The fourth-order valence-corrected chi connectivity index (χ4v) is 3.62. The monoisotopic (exact) mass is 391 g/mol. The van der Waals surface area contributed by atoms with Crippen molar-refractivity contribution in [2.45, 2.75) is 51.7 Å². The summed E-state index contributed by atoms with van der Waals surface area (Å²) in [5.74, 6) is -1.88. The Morgan fingerprint density at radius 1 is 1.29 bits per heavy atom. The molecule has 1 saturated heterocycles. The molecule has 0 bridgehead atoms. The molecular weight excluding hydrogens is 370 g/mol. The summed E-state index contributed by atoms with van der Waals surface area (Å²) in [6.07, 6.45) is 2.87. The summed E-state index contributed by atoms with van der Waals surface area (Å²) in [6.45, 7) is 3.07. The van der Waals surface area contributed by atoms with Crippen LogP contribution in [0.1, 0.15) is 33.1 Å². The quantitative estimate of drug-likeness (QED) is 0.432. The predicted octanol–water partition coefficient (Wildman–Crippen LogP) is 1.84. The van der Waals surface area contributed by atoms with Gasteiger partial charge in [0, 0.05) is 18.2 Å². The van der Waals surface area contributed by atoms with Gasteiger partial charge in [-0.1, -0.05) is 0 Å². The van der Waals surface area contributed by atoms with E-state index < -0.39 is 29.8 Å². The number of esters is 1. The average molecular weight is 391 g/mol. The Balaban J connectivity index is 1.66. The number of aromatic nitrogens is 1. The fraction of sp³-hybridized carbons (Fsp3) is 0.500. The Hall–Kier alpha value is -3.17. The molecule has 2 heterocycles. The summed E-state index contributed by atoms with van der Waals surface area (Å²) >= 11 is 0. The number of ether oxygens (including phenoxy) is 1. The van der Waals surface area contributed by atoms with E-state index in [9.17, 15) is 24.5 Å². The van der Waals surface area contributed by atoms with Crippen LogP contribution in [0.2, 0.25) is 0 Å². The minimum atomic E-state index is -0.836. The van der Waals surface area contributed by atoms with Crippen LogP contribution in [0.25, 0.3) is 11.1 Å². The number of nitro benzene ring substituents is 1. The first-order valence-corrected chi connectivity index (χ1v) is 9.02. The zero-order chi connectivity index (χ0) is 20.4. The summed E-state index contributed by atoms with van der Waals surface area (Å²) in [7, 11) is 0. The second-order valence-corrected chi connectivity index (χ2v) is 6.95. The summed E-state index contributed by atoms with van der Waals surface area (Å²) in [6, 6.07) is 3.83. The van der Waals surface area contributed by atoms with E-state index in [0.29, 0.717) is 0 Å². The lowest BCUT2D eigenvalue weighted by atomic mass is 9.97. The zero-order valence-electron chi connectivity index (χ0n) is 15.6. The third-order valence-corrected chi connectivity index (χ3v) is 4.99. The van der Waals surface area contributed by atoms with E-state index >= 15 is 0 Å². The lowest BCUT2D eigenvalue weighted by Gasteiger charge is -2.38. The minimum Gasteiger partial charge on any atom is -0.454 e. The first-order chi connectivity index (χ1) is 13.3. The maximum absolute atomic E-state index is 12.4. The van der Waals surface area contributed by atoms with Crippen LogP contribution in [0, 0.1) is 10.1 Å². The van der Waals surface area contributed by atoms with E-state index in [-0.39, 0.29) is 34.8 Å². The molecule has 2 atom stereocenters. The van der Waals surface area contributed by atoms with Crippen molar-refractivity contribution < 1.29 is 23.7 Å². The molecule has 1 aliphatic heterocycles. The van der Waals surface area contributed by atoms with Crippen LogP contribution in [0.5, 0.6) is 0 Å². The number of fused-ring (bicyclic) bond motifs is 1. The standard InChI is InChI=1S/C18H21N3O7/c1-11-4-3-5-12(2)20(11)16(22)10-27-17(23)9-19-14-7-6-13(21(25)26)8-15(14)28-18(19)24/h6-8,11-12H,3-5,9-10H2,1-2H3/t11-,12+. The zero-order valence-corrected chi connectivity index (χ0v) is 15.6. The number of oxazole rings is 1. The molecule has 1 aromatic heterocycles. The number of amides is 1. The molecule has 1 fully saturated rings. The molecule has 0 radical (unpaired) electrons. The maximum atomic E-state index is 12.4. The van der Waals surface area contributed by atoms with Gasteiger partial charge in [0.2, 0.25) is 0 Å². The largest absolute Gasteiger partial charge is 0.454 e. The molecule has 1 aromatic carbocycles. The number of rotatable bonds is 5. The van der Waals surface area contributed by atoms with E-state index in [1.807, 2.05) is 13.8 Å². The van der Waals surface area contributed by atoms with Crippen molar-refractivity contribution >= 4 is 28.7 Å². The number of carbonyl (C=O) groups excluding carboxylic acids is 2. The number of hydrogen-bond acceptors (Lipinski definition) is 7. The summed E-state index contributed by atoms with van der Waals surface area (Å²) in [5, 5.41) is 10.8. The van der Waals surface area contributed by atoms with Crippen molar-refractivity contribution in [3.63, 3.8) is 0 Å². The number of non-ortho nitro benzene ring substituents is 1. The molecule has 3 rings (SSSR count). The van der Waals surface area contributed by atoms with Crippen LogP contribution in [0.4, 0.5) is 5.69 Å². The van der Waals surface area contributed by atoms with Gasteiger partial charge in [-0.25, -0.2) is 4.79 Å². The van der Waals surface area contributed by atoms with Gasteiger partial charge in [-0.15, -0.1) is 0 Å². The third kappa shape index (κ3) is 3.90. The lowest BCUT2D eigenvalue weighted by molar-refractivity contribution is -0.384. The Morgan fingerprint density at radius 3 is 2.61 bits per heavy atom. The Bertz CT molecular complexity index is 967. The summed E-state index contributed by atoms with van der Waals surface area (Å²) < 4.78 is 11.0. The van der Waals surface area contributed by atoms with Gasteiger partial charge < -0.3 is 14.1 Å². The molecule has 10 nitrogen and oxygen atoms in total. The smallest absolute Gasteiger partial charge is 0.420 e. The van der Waals surface area contributed by atoms with Crippen molar-refractivity contribution in [3.8, 4) is 0 Å². The average Bonchev–Trinajstić information content (AvgIpc) is 2.94. The second kappa shape index (κ2) is 7.83. The molecule has 1 aliphatic rings. The first-order valence-electron chi connectivity index (χ1n) is 9.02. The molecular formula is C18H21N3O7. The normalized spacial score (nSPS) is 19.6. The number of nitrogens with zero attached hydrogens (tertiary/aromatic N) is 3. The predicted molar refractivity (Wildman–Crippen MR) is 97.7 cm³/mol. The third-order valence-electron chi connectivity index (χ3n) is 4.99. The van der Waals surface area contributed by atoms with Crippen molar-refractivity contribution in [1.29, 1.82) is 0 Å². The number of nitro groups is 1. The highest BCUT2D eigenvalue weighted by atomic mass is 16.6. The number of piperidine rings is 1. The van der Waals surface area contributed by atoms with Crippen LogP contribution < -0.4 is 5.76 Å². The van der Waals surface area contributed by atoms with E-state index in [0.717, 1.165) is 29.9 Å². The molecule has 0 aliphatic carbocycles. The number of likely N-dealkylation sites (tertiary alicyclic amines) is 1. The number of carbonyl (C=O) groups is 2. The van der Waals surface area contributed by atoms with Gasteiger partial charge in [0.05, 0.1) is 16.5 Å². The number of benzene rings is 1. The van der Waals surface area contributed by atoms with Gasteiger partial charge in [0.25, 0.3) is 11.6 Å². The lowest BCUT2D eigenvalue weighted by Crippen LogP contribution is -2.49. The molecule has 2 aromatic rings. The Kier molecular flexibility index (Phi) is 5.48. The van der Waals surface area contributed by atoms with Crippen LogP contribution in [-0.2, 0) is 20.9 Å². The molecule has 28 heavy (non-hydrogen) atoms.